The Balaban J connectivity index is 1.79. The Morgan fingerprint density at radius 2 is 1.66 bits per heavy atom. The first-order valence-electron chi connectivity index (χ1n) is 12.2. The van der Waals surface area contributed by atoms with E-state index in [1.165, 1.54) is 31.4 Å². The number of rotatable bonds is 7. The number of nitro groups is 1. The minimum atomic E-state index is -1.28. The van der Waals surface area contributed by atoms with E-state index in [0.717, 1.165) is 5.56 Å². The molecule has 2 N–H and O–H groups in total. The van der Waals surface area contributed by atoms with E-state index in [2.05, 4.69) is 0 Å². The highest BCUT2D eigenvalue weighted by atomic mass is 16.6. The Hall–Kier alpha value is -4.46. The smallest absolute Gasteiger partial charge is 0.228 e. The zero-order valence-corrected chi connectivity index (χ0v) is 21.3. The van der Waals surface area contributed by atoms with E-state index >= 15 is 0 Å². The molecule has 1 aliphatic carbocycles. The van der Waals surface area contributed by atoms with Gasteiger partial charge in [0.2, 0.25) is 6.04 Å². The van der Waals surface area contributed by atoms with Gasteiger partial charge in [-0.2, -0.15) is 0 Å². The summed E-state index contributed by atoms with van der Waals surface area (Å²) in [5.41, 5.74) is 3.25. The third-order valence-electron chi connectivity index (χ3n) is 7.21. The highest BCUT2D eigenvalue weighted by Gasteiger charge is 2.54. The van der Waals surface area contributed by atoms with Crippen molar-refractivity contribution in [1.29, 1.82) is 0 Å². The molecule has 4 rings (SSSR count). The summed E-state index contributed by atoms with van der Waals surface area (Å²) >= 11 is 0. The van der Waals surface area contributed by atoms with Crippen LogP contribution in [0.2, 0.25) is 0 Å². The van der Waals surface area contributed by atoms with Crippen LogP contribution in [0, 0.1) is 29.9 Å². The molecule has 8 heteroatoms. The number of benzene rings is 3. The molecule has 0 aromatic heterocycles. The van der Waals surface area contributed by atoms with Crippen molar-refractivity contribution in [1.82, 2.24) is 0 Å². The molecule has 0 radical (unpaired) electrons. The number of methoxy groups -OCH3 is 1. The fourth-order valence-electron chi connectivity index (χ4n) is 5.21. The van der Waals surface area contributed by atoms with Crippen molar-refractivity contribution in [3.05, 3.63) is 105 Å². The van der Waals surface area contributed by atoms with Gasteiger partial charge in [0.25, 0.3) is 0 Å². The lowest BCUT2D eigenvalue weighted by molar-refractivity contribution is -0.533. The second-order valence-corrected chi connectivity index (χ2v) is 9.68. The van der Waals surface area contributed by atoms with Crippen LogP contribution in [0.4, 0.5) is 0 Å². The third-order valence-corrected chi connectivity index (χ3v) is 7.21. The van der Waals surface area contributed by atoms with Gasteiger partial charge in [0.15, 0.2) is 17.3 Å². The monoisotopic (exact) mass is 515 g/mol. The molecule has 8 nitrogen and oxygen atoms in total. The zero-order valence-electron chi connectivity index (χ0n) is 21.3. The second kappa shape index (κ2) is 10.9. The third kappa shape index (κ3) is 5.29. The minimum absolute atomic E-state index is 0.117. The summed E-state index contributed by atoms with van der Waals surface area (Å²) in [5.74, 6) is -3.81. The van der Waals surface area contributed by atoms with Crippen molar-refractivity contribution in [3.63, 3.8) is 0 Å². The molecule has 1 aliphatic rings. The number of carbonyl (C=O) groups excluding carboxylic acids is 2. The van der Waals surface area contributed by atoms with Crippen molar-refractivity contribution in [3.8, 4) is 17.2 Å². The predicted molar refractivity (Wildman–Crippen MR) is 142 cm³/mol. The van der Waals surface area contributed by atoms with E-state index in [-0.39, 0.29) is 29.5 Å². The number of ketones is 2. The Kier molecular flexibility index (Phi) is 7.62. The van der Waals surface area contributed by atoms with Gasteiger partial charge in [-0.25, -0.2) is 0 Å². The average Bonchev–Trinajstić information content (AvgIpc) is 2.89. The van der Waals surface area contributed by atoms with Gasteiger partial charge in [0.1, 0.15) is 11.5 Å². The highest BCUT2D eigenvalue weighted by Crippen LogP contribution is 2.46. The molecule has 0 bridgehead atoms. The summed E-state index contributed by atoms with van der Waals surface area (Å²) in [5, 5.41) is 32.4. The quantitative estimate of drug-likeness (QED) is 0.194. The number of nitrogens with zero attached hydrogens (tertiary/aromatic N) is 1. The molecular formula is C30H29NO7. The molecule has 1 fully saturated rings. The van der Waals surface area contributed by atoms with Crippen LogP contribution in [0.1, 0.15) is 46.1 Å². The molecule has 1 saturated carbocycles. The van der Waals surface area contributed by atoms with Gasteiger partial charge >= 0.3 is 0 Å². The molecule has 3 aromatic carbocycles. The number of aryl methyl sites for hydroxylation is 2. The number of hydrogen-bond donors (Lipinski definition) is 2. The van der Waals surface area contributed by atoms with E-state index in [1.54, 1.807) is 55.5 Å². The van der Waals surface area contributed by atoms with Crippen LogP contribution in [0.3, 0.4) is 0 Å². The number of phenols is 2. The molecule has 38 heavy (non-hydrogen) atoms. The maximum Gasteiger partial charge on any atom is 0.228 e. The van der Waals surface area contributed by atoms with Crippen LogP contribution in [0.25, 0.3) is 6.08 Å². The van der Waals surface area contributed by atoms with Crippen LogP contribution < -0.4 is 4.74 Å². The van der Waals surface area contributed by atoms with Gasteiger partial charge in [-0.15, -0.1) is 0 Å². The van der Waals surface area contributed by atoms with Gasteiger partial charge in [0.05, 0.1) is 24.9 Å². The summed E-state index contributed by atoms with van der Waals surface area (Å²) in [4.78, 5) is 39.3. The van der Waals surface area contributed by atoms with Gasteiger partial charge in [-0.3, -0.25) is 19.7 Å². The summed E-state index contributed by atoms with van der Waals surface area (Å²) < 4.78 is 5.19. The molecule has 3 aromatic rings. The lowest BCUT2D eigenvalue weighted by Crippen LogP contribution is -2.48. The Morgan fingerprint density at radius 1 is 1.00 bits per heavy atom. The van der Waals surface area contributed by atoms with E-state index in [9.17, 15) is 29.9 Å². The molecule has 196 valence electrons. The van der Waals surface area contributed by atoms with Crippen molar-refractivity contribution in [2.24, 2.45) is 5.92 Å². The topological polar surface area (TPSA) is 127 Å². The maximum absolute atomic E-state index is 13.6. The Labute approximate surface area is 220 Å². The molecule has 0 aliphatic heterocycles. The summed E-state index contributed by atoms with van der Waals surface area (Å²) in [6.45, 7) is 3.62. The second-order valence-electron chi connectivity index (χ2n) is 9.68. The van der Waals surface area contributed by atoms with Gasteiger partial charge in [0, 0.05) is 11.3 Å². The fourth-order valence-corrected chi connectivity index (χ4v) is 5.21. The van der Waals surface area contributed by atoms with Gasteiger partial charge < -0.3 is 14.9 Å². The highest BCUT2D eigenvalue weighted by molar-refractivity contribution is 6.10. The number of ether oxygens (including phenoxy) is 1. The molecular weight excluding hydrogens is 486 g/mol. The van der Waals surface area contributed by atoms with Crippen LogP contribution in [0.5, 0.6) is 17.2 Å². The number of phenolic OH excluding ortho intramolecular Hbond substituents is 2. The normalized spacial score (nSPS) is 21.4. The maximum atomic E-state index is 13.6. The summed E-state index contributed by atoms with van der Waals surface area (Å²) in [6.07, 6.45) is 2.63. The van der Waals surface area contributed by atoms with Gasteiger partial charge in [-0.1, -0.05) is 48.0 Å². The van der Waals surface area contributed by atoms with Crippen molar-refractivity contribution in [2.45, 2.75) is 38.1 Å². The Morgan fingerprint density at radius 3 is 2.29 bits per heavy atom. The standard InChI is InChI=1S/C30H29NO7/c1-17-4-8-20(9-5-17)28-29(25(34)12-7-19-6-11-23(32)18(2)14-19)26(35)16-22(30(28)31(36)37)21-10-13-24(33)27(15-21)38-3/h4-15,22,28-30,32-33H,16H2,1-3H3/b12-7+/t22-,28+,29?,30+/m1/s1. The zero-order chi connectivity index (χ0) is 27.6. The van der Waals surface area contributed by atoms with Crippen molar-refractivity contribution in [2.75, 3.05) is 7.11 Å². The molecule has 0 amide bonds. The number of allylic oxidation sites excluding steroid dienone is 1. The number of Topliss-reactive ketones (excluding diaryl/α,β-unsaturated/α-hetero) is 1. The van der Waals surface area contributed by atoms with Crippen LogP contribution in [-0.2, 0) is 9.59 Å². The predicted octanol–water partition coefficient (Wildman–Crippen LogP) is 5.11. The molecule has 0 saturated heterocycles. The molecule has 4 atom stereocenters. The minimum Gasteiger partial charge on any atom is -0.508 e. The summed E-state index contributed by atoms with van der Waals surface area (Å²) in [7, 11) is 1.38. The van der Waals surface area contributed by atoms with Crippen LogP contribution in [0.15, 0.2) is 66.7 Å². The Bertz CT molecular complexity index is 1410. The largest absolute Gasteiger partial charge is 0.508 e. The number of hydrogen-bond acceptors (Lipinski definition) is 7. The van der Waals surface area contributed by atoms with E-state index in [1.807, 2.05) is 6.92 Å². The molecule has 1 unspecified atom stereocenters. The van der Waals surface area contributed by atoms with Crippen LogP contribution in [-0.4, -0.2) is 39.9 Å². The lowest BCUT2D eigenvalue weighted by Gasteiger charge is -2.37. The molecule has 0 spiro atoms. The van der Waals surface area contributed by atoms with Crippen LogP contribution >= 0.6 is 0 Å². The number of carbonyl (C=O) groups is 2. The van der Waals surface area contributed by atoms with Gasteiger partial charge in [-0.05, 0) is 66.4 Å². The summed E-state index contributed by atoms with van der Waals surface area (Å²) in [6, 6.07) is 15.1. The first kappa shape index (κ1) is 26.6. The first-order valence-corrected chi connectivity index (χ1v) is 12.2. The number of aromatic hydroxyl groups is 2. The average molecular weight is 516 g/mol. The lowest BCUT2D eigenvalue weighted by atomic mass is 9.64. The van der Waals surface area contributed by atoms with E-state index in [0.29, 0.717) is 22.3 Å². The first-order chi connectivity index (χ1) is 18.1. The fraction of sp³-hybridized carbons (Fsp3) is 0.267. The van der Waals surface area contributed by atoms with E-state index < -0.39 is 34.5 Å². The van der Waals surface area contributed by atoms with E-state index in [4.69, 9.17) is 4.74 Å². The van der Waals surface area contributed by atoms with Crippen molar-refractivity contribution < 1.29 is 29.5 Å². The SMILES string of the molecule is COc1cc([C@H]2CC(=O)C(C(=O)/C=C/c3ccc(O)c(C)c3)[C@H](c3ccc(C)cc3)[C@H]2[N+](=O)[O-])ccc1O. The van der Waals surface area contributed by atoms with Crippen molar-refractivity contribution >= 4 is 17.6 Å². The molecule has 0 heterocycles.